The zero-order chi connectivity index (χ0) is 12.8. The predicted octanol–water partition coefficient (Wildman–Crippen LogP) is 1.89. The molecule has 1 fully saturated rings. The number of hydrogen-bond acceptors (Lipinski definition) is 3. The van der Waals surface area contributed by atoms with Gasteiger partial charge in [0.15, 0.2) is 0 Å². The molecule has 2 heterocycles. The Hall–Kier alpha value is -1.58. The van der Waals surface area contributed by atoms with Crippen LogP contribution in [0.1, 0.15) is 31.4 Å². The van der Waals surface area contributed by atoms with Gasteiger partial charge >= 0.3 is 0 Å². The number of rotatable bonds is 1. The fraction of sp³-hybridized carbons (Fsp3) is 0.571. The van der Waals surface area contributed by atoms with Crippen molar-refractivity contribution >= 4 is 11.6 Å². The molecule has 0 unspecified atom stereocenters. The van der Waals surface area contributed by atoms with E-state index in [2.05, 4.69) is 21.3 Å². The third kappa shape index (κ3) is 3.72. The number of aromatic nitrogens is 1. The molecule has 98 valence electrons. The molecular weight excluding hydrogens is 226 g/mol. The number of anilines is 1. The van der Waals surface area contributed by atoms with Crippen molar-refractivity contribution < 1.29 is 4.79 Å². The van der Waals surface area contributed by atoms with Gasteiger partial charge in [0, 0.05) is 31.7 Å². The first-order valence-corrected chi connectivity index (χ1v) is 6.70. The molecule has 2 rings (SSSR count). The van der Waals surface area contributed by atoms with Gasteiger partial charge in [-0.25, -0.2) is 0 Å². The first-order chi connectivity index (χ1) is 8.75. The van der Waals surface area contributed by atoms with E-state index in [0.29, 0.717) is 6.42 Å². The van der Waals surface area contributed by atoms with Crippen molar-refractivity contribution in [1.82, 2.24) is 10.3 Å². The third-order valence-corrected chi connectivity index (χ3v) is 3.30. The molecular formula is C14H21N3O. The van der Waals surface area contributed by atoms with Crippen LogP contribution in [0.15, 0.2) is 18.3 Å². The van der Waals surface area contributed by atoms with Crippen LogP contribution in [0.3, 0.4) is 0 Å². The average Bonchev–Trinajstić information content (AvgIpc) is 2.38. The summed E-state index contributed by atoms with van der Waals surface area (Å²) in [6, 6.07) is 4.11. The molecule has 1 aliphatic heterocycles. The molecule has 1 N–H and O–H groups in total. The van der Waals surface area contributed by atoms with E-state index >= 15 is 0 Å². The van der Waals surface area contributed by atoms with Gasteiger partial charge in [0.25, 0.3) is 0 Å². The summed E-state index contributed by atoms with van der Waals surface area (Å²) in [6.45, 7) is 4.60. The van der Waals surface area contributed by atoms with Crippen molar-refractivity contribution in [3.05, 3.63) is 24.0 Å². The normalized spacial score (nSPS) is 18.3. The third-order valence-electron chi connectivity index (χ3n) is 3.30. The lowest BCUT2D eigenvalue weighted by Gasteiger charge is -2.25. The molecule has 0 radical (unpaired) electrons. The Morgan fingerprint density at radius 1 is 1.22 bits per heavy atom. The van der Waals surface area contributed by atoms with E-state index in [1.165, 1.54) is 6.42 Å². The van der Waals surface area contributed by atoms with Gasteiger partial charge < -0.3 is 10.2 Å². The molecule has 0 aliphatic carbocycles. The molecule has 0 bridgehead atoms. The van der Waals surface area contributed by atoms with Gasteiger partial charge in [-0.15, -0.1) is 0 Å². The molecule has 1 aliphatic rings. The summed E-state index contributed by atoms with van der Waals surface area (Å²) in [5.74, 6) is 0.155. The Kier molecular flexibility index (Phi) is 4.56. The Morgan fingerprint density at radius 2 is 2.11 bits per heavy atom. The number of nitrogens with one attached hydrogen (secondary N) is 1. The highest BCUT2D eigenvalue weighted by Gasteiger charge is 2.11. The van der Waals surface area contributed by atoms with E-state index in [9.17, 15) is 4.79 Å². The minimum atomic E-state index is 0.155. The van der Waals surface area contributed by atoms with Gasteiger partial charge in [0.2, 0.25) is 5.91 Å². The van der Waals surface area contributed by atoms with Gasteiger partial charge in [-0.1, -0.05) is 0 Å². The molecule has 4 heteroatoms. The van der Waals surface area contributed by atoms with Crippen molar-refractivity contribution in [3.63, 3.8) is 0 Å². The summed E-state index contributed by atoms with van der Waals surface area (Å²) in [7, 11) is 0. The topological polar surface area (TPSA) is 45.2 Å². The number of aryl methyl sites for hydroxylation is 1. The van der Waals surface area contributed by atoms with Crippen LogP contribution in [-0.2, 0) is 4.79 Å². The molecule has 0 saturated carbocycles. The Balaban J connectivity index is 2.03. The number of pyridine rings is 1. The molecule has 4 nitrogen and oxygen atoms in total. The maximum atomic E-state index is 11.6. The van der Waals surface area contributed by atoms with Crippen molar-refractivity contribution in [2.45, 2.75) is 32.6 Å². The maximum Gasteiger partial charge on any atom is 0.221 e. The SMILES string of the molecule is Cc1ccc(N2CCCCCNC(=O)CC2)cn1. The van der Waals surface area contributed by atoms with Crippen molar-refractivity contribution in [3.8, 4) is 0 Å². The largest absolute Gasteiger partial charge is 0.370 e. The average molecular weight is 247 g/mol. The zero-order valence-electron chi connectivity index (χ0n) is 11.0. The highest BCUT2D eigenvalue weighted by Crippen LogP contribution is 2.15. The summed E-state index contributed by atoms with van der Waals surface area (Å²) >= 11 is 0. The number of amides is 1. The van der Waals surface area contributed by atoms with Crippen LogP contribution in [-0.4, -0.2) is 30.5 Å². The zero-order valence-corrected chi connectivity index (χ0v) is 11.0. The molecule has 0 spiro atoms. The lowest BCUT2D eigenvalue weighted by atomic mass is 10.2. The number of hydrogen-bond donors (Lipinski definition) is 1. The number of carbonyl (C=O) groups excluding carboxylic acids is 1. The molecule has 18 heavy (non-hydrogen) atoms. The van der Waals surface area contributed by atoms with Crippen molar-refractivity contribution in [2.75, 3.05) is 24.5 Å². The number of carbonyl (C=O) groups is 1. The summed E-state index contributed by atoms with van der Waals surface area (Å²) in [5, 5.41) is 2.95. The smallest absolute Gasteiger partial charge is 0.221 e. The summed E-state index contributed by atoms with van der Waals surface area (Å²) in [6.07, 6.45) is 5.87. The number of nitrogens with zero attached hydrogens (tertiary/aromatic N) is 2. The van der Waals surface area contributed by atoms with E-state index < -0.39 is 0 Å². The fourth-order valence-corrected chi connectivity index (χ4v) is 2.17. The van der Waals surface area contributed by atoms with Crippen LogP contribution in [0, 0.1) is 6.92 Å². The Morgan fingerprint density at radius 3 is 2.89 bits per heavy atom. The van der Waals surface area contributed by atoms with Gasteiger partial charge in [-0.3, -0.25) is 9.78 Å². The molecule has 0 atom stereocenters. The monoisotopic (exact) mass is 247 g/mol. The highest BCUT2D eigenvalue weighted by atomic mass is 16.1. The molecule has 0 aromatic carbocycles. The van der Waals surface area contributed by atoms with E-state index in [1.54, 1.807) is 0 Å². The standard InChI is InChI=1S/C14H21N3O/c1-12-5-6-13(11-16-12)17-9-4-2-3-8-15-14(18)7-10-17/h5-6,11H,2-4,7-10H2,1H3,(H,15,18). The van der Waals surface area contributed by atoms with Gasteiger partial charge in [-0.2, -0.15) is 0 Å². The minimum Gasteiger partial charge on any atom is -0.370 e. The maximum absolute atomic E-state index is 11.6. The van der Waals surface area contributed by atoms with Crippen LogP contribution in [0.25, 0.3) is 0 Å². The van der Waals surface area contributed by atoms with Crippen LogP contribution in [0.4, 0.5) is 5.69 Å². The minimum absolute atomic E-state index is 0.155. The van der Waals surface area contributed by atoms with E-state index in [1.807, 2.05) is 19.2 Å². The first kappa shape index (κ1) is 12.9. The molecule has 1 aromatic rings. The fourth-order valence-electron chi connectivity index (χ4n) is 2.17. The summed E-state index contributed by atoms with van der Waals surface area (Å²) in [4.78, 5) is 18.2. The van der Waals surface area contributed by atoms with Crippen LogP contribution >= 0.6 is 0 Å². The molecule has 1 saturated heterocycles. The van der Waals surface area contributed by atoms with E-state index in [4.69, 9.17) is 0 Å². The lowest BCUT2D eigenvalue weighted by molar-refractivity contribution is -0.120. The lowest BCUT2D eigenvalue weighted by Crippen LogP contribution is -2.33. The highest BCUT2D eigenvalue weighted by molar-refractivity contribution is 5.76. The molecule has 1 aromatic heterocycles. The van der Waals surface area contributed by atoms with Crippen molar-refractivity contribution in [1.29, 1.82) is 0 Å². The van der Waals surface area contributed by atoms with Crippen LogP contribution < -0.4 is 10.2 Å². The van der Waals surface area contributed by atoms with Gasteiger partial charge in [-0.05, 0) is 38.3 Å². The second kappa shape index (κ2) is 6.38. The Bertz CT molecular complexity index is 389. The quantitative estimate of drug-likeness (QED) is 0.824. The first-order valence-electron chi connectivity index (χ1n) is 6.70. The van der Waals surface area contributed by atoms with E-state index in [-0.39, 0.29) is 5.91 Å². The van der Waals surface area contributed by atoms with Crippen LogP contribution in [0.2, 0.25) is 0 Å². The van der Waals surface area contributed by atoms with E-state index in [0.717, 1.165) is 43.9 Å². The van der Waals surface area contributed by atoms with Gasteiger partial charge in [0.1, 0.15) is 0 Å². The summed E-state index contributed by atoms with van der Waals surface area (Å²) < 4.78 is 0. The van der Waals surface area contributed by atoms with Crippen molar-refractivity contribution in [2.24, 2.45) is 0 Å². The second-order valence-electron chi connectivity index (χ2n) is 4.81. The summed E-state index contributed by atoms with van der Waals surface area (Å²) in [5.41, 5.74) is 2.14. The van der Waals surface area contributed by atoms with Gasteiger partial charge in [0.05, 0.1) is 11.9 Å². The molecule has 1 amide bonds. The second-order valence-corrected chi connectivity index (χ2v) is 4.81. The predicted molar refractivity (Wildman–Crippen MR) is 72.7 cm³/mol. The Labute approximate surface area is 108 Å². The van der Waals surface area contributed by atoms with Crippen LogP contribution in [0.5, 0.6) is 0 Å².